The van der Waals surface area contributed by atoms with Crippen molar-refractivity contribution >= 4 is 9.84 Å². The fourth-order valence-electron chi connectivity index (χ4n) is 2.57. The predicted octanol–water partition coefficient (Wildman–Crippen LogP) is 0.246. The van der Waals surface area contributed by atoms with Gasteiger partial charge in [-0.05, 0) is 26.2 Å². The highest BCUT2D eigenvalue weighted by molar-refractivity contribution is 7.90. The van der Waals surface area contributed by atoms with E-state index in [2.05, 4.69) is 17.1 Å². The monoisotopic (exact) mass is 246 g/mol. The van der Waals surface area contributed by atoms with E-state index in [1.165, 1.54) is 19.1 Å². The van der Waals surface area contributed by atoms with Crippen molar-refractivity contribution in [2.75, 3.05) is 25.1 Å². The molecule has 2 atom stereocenters. The van der Waals surface area contributed by atoms with Gasteiger partial charge in [-0.25, -0.2) is 8.42 Å². The molecular formula is C11H22N2O2S. The average Bonchev–Trinajstić information content (AvgIpc) is 2.90. The molecule has 2 unspecified atom stereocenters. The summed E-state index contributed by atoms with van der Waals surface area (Å²) in [5.41, 5.74) is 0. The highest BCUT2D eigenvalue weighted by Crippen LogP contribution is 2.33. The van der Waals surface area contributed by atoms with Gasteiger partial charge < -0.3 is 5.32 Å². The molecule has 0 aromatic rings. The summed E-state index contributed by atoms with van der Waals surface area (Å²) in [5.74, 6) is 0.251. The largest absolute Gasteiger partial charge is 0.312 e. The van der Waals surface area contributed by atoms with Gasteiger partial charge in [-0.1, -0.05) is 0 Å². The number of sulfone groups is 1. The van der Waals surface area contributed by atoms with Gasteiger partial charge in [0.2, 0.25) is 0 Å². The molecule has 4 nitrogen and oxygen atoms in total. The van der Waals surface area contributed by atoms with E-state index < -0.39 is 9.84 Å². The van der Waals surface area contributed by atoms with Crippen molar-refractivity contribution < 1.29 is 8.42 Å². The summed E-state index contributed by atoms with van der Waals surface area (Å²) < 4.78 is 22.0. The summed E-state index contributed by atoms with van der Waals surface area (Å²) in [6.07, 6.45) is 5.14. The summed E-state index contributed by atoms with van der Waals surface area (Å²) in [4.78, 5) is 2.57. The lowest BCUT2D eigenvalue weighted by Crippen LogP contribution is -2.36. The second-order valence-electron chi connectivity index (χ2n) is 5.29. The van der Waals surface area contributed by atoms with Gasteiger partial charge >= 0.3 is 0 Å². The Hall–Kier alpha value is -0.130. The first-order valence-corrected chi connectivity index (χ1v) is 8.18. The second kappa shape index (κ2) is 4.63. The number of hydrogen-bond acceptors (Lipinski definition) is 4. The minimum atomic E-state index is -2.82. The van der Waals surface area contributed by atoms with Crippen molar-refractivity contribution in [3.05, 3.63) is 0 Å². The number of hydrogen-bond donors (Lipinski definition) is 1. The van der Waals surface area contributed by atoms with Crippen LogP contribution >= 0.6 is 0 Å². The Morgan fingerprint density at radius 3 is 2.62 bits per heavy atom. The molecule has 0 aromatic heterocycles. The van der Waals surface area contributed by atoms with Crippen LogP contribution in [0.25, 0.3) is 0 Å². The van der Waals surface area contributed by atoms with Crippen LogP contribution in [-0.4, -0.2) is 56.5 Å². The fourth-order valence-corrected chi connectivity index (χ4v) is 3.06. The normalized spacial score (nSPS) is 32.1. The molecular weight excluding hydrogens is 224 g/mol. The molecule has 2 aliphatic rings. The zero-order valence-corrected chi connectivity index (χ0v) is 11.0. The van der Waals surface area contributed by atoms with Gasteiger partial charge in [0.15, 0.2) is 0 Å². The topological polar surface area (TPSA) is 49.4 Å². The van der Waals surface area contributed by atoms with E-state index in [1.54, 1.807) is 0 Å². The molecule has 1 saturated carbocycles. The highest BCUT2D eigenvalue weighted by atomic mass is 32.2. The van der Waals surface area contributed by atoms with E-state index in [9.17, 15) is 8.42 Å². The average molecular weight is 246 g/mol. The molecule has 0 spiro atoms. The lowest BCUT2D eigenvalue weighted by molar-refractivity contribution is 0.255. The van der Waals surface area contributed by atoms with E-state index in [1.807, 2.05) is 0 Å². The molecule has 1 aliphatic heterocycles. The first-order valence-electron chi connectivity index (χ1n) is 6.12. The Bertz CT molecular complexity index is 338. The van der Waals surface area contributed by atoms with Crippen LogP contribution in [0.4, 0.5) is 0 Å². The van der Waals surface area contributed by atoms with Gasteiger partial charge in [0.05, 0.1) is 5.75 Å². The number of rotatable bonds is 5. The van der Waals surface area contributed by atoms with E-state index in [0.717, 1.165) is 19.0 Å². The van der Waals surface area contributed by atoms with Crippen LogP contribution in [0.15, 0.2) is 0 Å². The predicted molar refractivity (Wildman–Crippen MR) is 65.3 cm³/mol. The molecule has 5 heteroatoms. The zero-order chi connectivity index (χ0) is 11.8. The molecule has 2 rings (SSSR count). The molecule has 0 aromatic carbocycles. The Labute approximate surface area is 98.3 Å². The molecule has 1 heterocycles. The first-order chi connectivity index (χ1) is 7.46. The van der Waals surface area contributed by atoms with Crippen molar-refractivity contribution in [2.24, 2.45) is 0 Å². The standard InChI is InChI=1S/C11H22N2O2S/c1-9-7-10(8-13(9)11-3-4-11)12-5-6-16(2,14)15/h9-12H,3-8H2,1-2H3. The van der Waals surface area contributed by atoms with Gasteiger partial charge in [-0.2, -0.15) is 0 Å². The van der Waals surface area contributed by atoms with Gasteiger partial charge in [0, 0.05) is 37.5 Å². The quantitative estimate of drug-likeness (QED) is 0.755. The summed E-state index contributed by atoms with van der Waals surface area (Å²) in [6, 6.07) is 1.96. The van der Waals surface area contributed by atoms with Crippen molar-refractivity contribution in [1.82, 2.24) is 10.2 Å². The van der Waals surface area contributed by atoms with E-state index in [4.69, 9.17) is 0 Å². The molecule has 0 amide bonds. The third kappa shape index (κ3) is 3.43. The zero-order valence-electron chi connectivity index (χ0n) is 10.1. The molecule has 0 radical (unpaired) electrons. The molecule has 1 saturated heterocycles. The minimum absolute atomic E-state index is 0.251. The van der Waals surface area contributed by atoms with Crippen LogP contribution in [0.3, 0.4) is 0 Å². The molecule has 2 fully saturated rings. The third-order valence-electron chi connectivity index (χ3n) is 3.54. The van der Waals surface area contributed by atoms with E-state index in [-0.39, 0.29) is 5.75 Å². The smallest absolute Gasteiger partial charge is 0.148 e. The molecule has 94 valence electrons. The maximum atomic E-state index is 11.0. The maximum Gasteiger partial charge on any atom is 0.148 e. The van der Waals surface area contributed by atoms with Gasteiger partial charge in [0.1, 0.15) is 9.84 Å². The number of likely N-dealkylation sites (tertiary alicyclic amines) is 1. The summed E-state index contributed by atoms with van der Waals surface area (Å²) in [5, 5.41) is 3.36. The Balaban J connectivity index is 1.71. The Kier molecular flexibility index (Phi) is 3.56. The van der Waals surface area contributed by atoms with Gasteiger partial charge in [-0.15, -0.1) is 0 Å². The lowest BCUT2D eigenvalue weighted by Gasteiger charge is -2.19. The van der Waals surface area contributed by atoms with Gasteiger partial charge in [0.25, 0.3) is 0 Å². The lowest BCUT2D eigenvalue weighted by atomic mass is 10.2. The Morgan fingerprint density at radius 1 is 1.38 bits per heavy atom. The molecule has 16 heavy (non-hydrogen) atoms. The van der Waals surface area contributed by atoms with Crippen LogP contribution in [0, 0.1) is 0 Å². The molecule has 0 bridgehead atoms. The van der Waals surface area contributed by atoms with Crippen molar-refractivity contribution in [3.8, 4) is 0 Å². The van der Waals surface area contributed by atoms with Crippen LogP contribution in [0.1, 0.15) is 26.2 Å². The summed E-state index contributed by atoms with van der Waals surface area (Å²) in [7, 11) is -2.82. The van der Waals surface area contributed by atoms with E-state index >= 15 is 0 Å². The number of nitrogens with zero attached hydrogens (tertiary/aromatic N) is 1. The fraction of sp³-hybridized carbons (Fsp3) is 1.00. The molecule has 1 aliphatic carbocycles. The van der Waals surface area contributed by atoms with Crippen LogP contribution < -0.4 is 5.32 Å². The maximum absolute atomic E-state index is 11.0. The van der Waals surface area contributed by atoms with Crippen LogP contribution in [0.5, 0.6) is 0 Å². The number of nitrogens with one attached hydrogen (secondary N) is 1. The summed E-state index contributed by atoms with van der Waals surface area (Å²) in [6.45, 7) is 3.96. The van der Waals surface area contributed by atoms with Crippen LogP contribution in [0.2, 0.25) is 0 Å². The minimum Gasteiger partial charge on any atom is -0.312 e. The van der Waals surface area contributed by atoms with Gasteiger partial charge in [-0.3, -0.25) is 4.90 Å². The van der Waals surface area contributed by atoms with Crippen molar-refractivity contribution in [3.63, 3.8) is 0 Å². The SMILES string of the molecule is CC1CC(NCCS(C)(=O)=O)CN1C1CC1. The second-order valence-corrected chi connectivity index (χ2v) is 7.55. The van der Waals surface area contributed by atoms with E-state index in [0.29, 0.717) is 18.6 Å². The first kappa shape index (κ1) is 12.3. The third-order valence-corrected chi connectivity index (χ3v) is 4.49. The van der Waals surface area contributed by atoms with Crippen molar-refractivity contribution in [1.29, 1.82) is 0 Å². The molecule has 1 N–H and O–H groups in total. The van der Waals surface area contributed by atoms with Crippen molar-refractivity contribution in [2.45, 2.75) is 44.3 Å². The van der Waals surface area contributed by atoms with Crippen LogP contribution in [-0.2, 0) is 9.84 Å². The summed E-state index contributed by atoms with van der Waals surface area (Å²) >= 11 is 0. The Morgan fingerprint density at radius 2 is 2.06 bits per heavy atom. The highest BCUT2D eigenvalue weighted by Gasteiger charge is 2.38.